The molecule has 2 rings (SSSR count). The molecular weight excluding hydrogens is 182 g/mol. The van der Waals surface area contributed by atoms with Crippen LogP contribution >= 0.6 is 11.3 Å². The molecule has 1 aromatic heterocycles. The molecular formula is C10H9NOS. The van der Waals surface area contributed by atoms with Gasteiger partial charge in [0.15, 0.2) is 6.29 Å². The van der Waals surface area contributed by atoms with Crippen molar-refractivity contribution in [3.8, 4) is 0 Å². The van der Waals surface area contributed by atoms with Crippen LogP contribution in [0, 0.1) is 6.92 Å². The molecule has 0 atom stereocenters. The van der Waals surface area contributed by atoms with Crippen molar-refractivity contribution in [2.75, 3.05) is 5.73 Å². The van der Waals surface area contributed by atoms with Crippen LogP contribution in [0.3, 0.4) is 0 Å². The Kier molecular flexibility index (Phi) is 1.81. The summed E-state index contributed by atoms with van der Waals surface area (Å²) in [4.78, 5) is 11.3. The van der Waals surface area contributed by atoms with Gasteiger partial charge in [0, 0.05) is 10.4 Å². The van der Waals surface area contributed by atoms with Gasteiger partial charge in [0.05, 0.1) is 4.88 Å². The first-order valence-corrected chi connectivity index (χ1v) is 4.77. The van der Waals surface area contributed by atoms with E-state index in [2.05, 4.69) is 0 Å². The van der Waals surface area contributed by atoms with E-state index < -0.39 is 0 Å². The van der Waals surface area contributed by atoms with Gasteiger partial charge in [-0.2, -0.15) is 0 Å². The van der Waals surface area contributed by atoms with E-state index in [4.69, 9.17) is 5.73 Å². The minimum Gasteiger partial charge on any atom is -0.398 e. The fourth-order valence-electron chi connectivity index (χ4n) is 1.28. The number of anilines is 1. The molecule has 0 fully saturated rings. The number of benzene rings is 1. The zero-order valence-electron chi connectivity index (χ0n) is 7.20. The van der Waals surface area contributed by atoms with Crippen LogP contribution in [0.2, 0.25) is 0 Å². The molecule has 0 saturated carbocycles. The molecule has 0 spiro atoms. The number of rotatable bonds is 1. The van der Waals surface area contributed by atoms with Gasteiger partial charge in [0.2, 0.25) is 0 Å². The van der Waals surface area contributed by atoms with Gasteiger partial charge >= 0.3 is 0 Å². The van der Waals surface area contributed by atoms with Crippen molar-refractivity contribution in [2.45, 2.75) is 6.92 Å². The van der Waals surface area contributed by atoms with Crippen LogP contribution in [0.1, 0.15) is 15.2 Å². The van der Waals surface area contributed by atoms with Gasteiger partial charge in [-0.3, -0.25) is 4.79 Å². The lowest BCUT2D eigenvalue weighted by atomic mass is 10.1. The topological polar surface area (TPSA) is 43.1 Å². The summed E-state index contributed by atoms with van der Waals surface area (Å²) in [5.41, 5.74) is 7.60. The van der Waals surface area contributed by atoms with Crippen molar-refractivity contribution in [3.63, 3.8) is 0 Å². The first-order valence-electron chi connectivity index (χ1n) is 3.95. The van der Waals surface area contributed by atoms with Crippen molar-refractivity contribution < 1.29 is 4.79 Å². The Labute approximate surface area is 80.0 Å². The lowest BCUT2D eigenvalue weighted by Gasteiger charge is -1.98. The summed E-state index contributed by atoms with van der Waals surface area (Å²) in [6, 6.07) is 5.79. The van der Waals surface area contributed by atoms with Gasteiger partial charge in [-0.25, -0.2) is 0 Å². The molecule has 3 heteroatoms. The fraction of sp³-hybridized carbons (Fsp3) is 0.100. The normalized spacial score (nSPS) is 10.5. The standard InChI is InChI=1S/C10H9NOS/c1-6-2-10-7(4-9(6)11)3-8(5-12)13-10/h2-5H,11H2,1H3. The summed E-state index contributed by atoms with van der Waals surface area (Å²) < 4.78 is 1.12. The van der Waals surface area contributed by atoms with E-state index in [0.717, 1.165) is 32.5 Å². The van der Waals surface area contributed by atoms with E-state index in [1.165, 1.54) is 11.3 Å². The minimum absolute atomic E-state index is 0.750. The van der Waals surface area contributed by atoms with Crippen LogP contribution in [0.4, 0.5) is 5.69 Å². The largest absolute Gasteiger partial charge is 0.398 e. The van der Waals surface area contributed by atoms with Crippen LogP contribution < -0.4 is 5.73 Å². The third-order valence-electron chi connectivity index (χ3n) is 2.04. The number of nitrogen functional groups attached to an aromatic ring is 1. The molecule has 13 heavy (non-hydrogen) atoms. The summed E-state index contributed by atoms with van der Waals surface area (Å²) in [6.45, 7) is 1.97. The van der Waals surface area contributed by atoms with Crippen LogP contribution in [-0.2, 0) is 0 Å². The molecule has 0 bridgehead atoms. The molecule has 2 N–H and O–H groups in total. The second-order valence-electron chi connectivity index (χ2n) is 3.01. The van der Waals surface area contributed by atoms with Crippen molar-refractivity contribution in [1.82, 2.24) is 0 Å². The number of thiophene rings is 1. The molecule has 2 aromatic rings. The second-order valence-corrected chi connectivity index (χ2v) is 4.13. The van der Waals surface area contributed by atoms with Gasteiger partial charge in [-0.1, -0.05) is 0 Å². The number of carbonyl (C=O) groups excluding carboxylic acids is 1. The first kappa shape index (κ1) is 8.26. The average Bonchev–Trinajstić information content (AvgIpc) is 2.48. The van der Waals surface area contributed by atoms with Crippen molar-refractivity contribution >= 4 is 33.4 Å². The number of hydrogen-bond donors (Lipinski definition) is 1. The quantitative estimate of drug-likeness (QED) is 0.556. The molecule has 2 nitrogen and oxygen atoms in total. The number of aryl methyl sites for hydroxylation is 1. The Balaban J connectivity index is 2.77. The monoisotopic (exact) mass is 191 g/mol. The van der Waals surface area contributed by atoms with Gasteiger partial charge in [0.1, 0.15) is 0 Å². The third kappa shape index (κ3) is 1.31. The summed E-state index contributed by atoms with van der Waals surface area (Å²) >= 11 is 1.50. The van der Waals surface area contributed by atoms with Gasteiger partial charge in [0.25, 0.3) is 0 Å². The Morgan fingerprint density at radius 3 is 2.85 bits per heavy atom. The summed E-state index contributed by atoms with van der Waals surface area (Å²) in [5.74, 6) is 0. The van der Waals surface area contributed by atoms with E-state index >= 15 is 0 Å². The van der Waals surface area contributed by atoms with Crippen LogP contribution in [0.5, 0.6) is 0 Å². The Morgan fingerprint density at radius 1 is 1.38 bits per heavy atom. The Bertz CT molecular complexity index is 434. The predicted octanol–water partition coefficient (Wildman–Crippen LogP) is 2.60. The molecule has 1 aromatic carbocycles. The highest BCUT2D eigenvalue weighted by Crippen LogP contribution is 2.28. The van der Waals surface area contributed by atoms with Crippen molar-refractivity contribution in [3.05, 3.63) is 28.6 Å². The number of hydrogen-bond acceptors (Lipinski definition) is 3. The van der Waals surface area contributed by atoms with Gasteiger partial charge in [-0.15, -0.1) is 11.3 Å². The molecule has 0 saturated heterocycles. The molecule has 0 aliphatic heterocycles. The number of aldehydes is 1. The van der Waals surface area contributed by atoms with E-state index in [0.29, 0.717) is 0 Å². The smallest absolute Gasteiger partial charge is 0.160 e. The number of nitrogens with two attached hydrogens (primary N) is 1. The molecule has 0 radical (unpaired) electrons. The third-order valence-corrected chi connectivity index (χ3v) is 3.06. The average molecular weight is 191 g/mol. The maximum Gasteiger partial charge on any atom is 0.160 e. The maximum absolute atomic E-state index is 10.5. The summed E-state index contributed by atoms with van der Waals surface area (Å²) in [5, 5.41) is 1.05. The molecule has 66 valence electrons. The highest BCUT2D eigenvalue weighted by Gasteiger charge is 2.02. The zero-order valence-corrected chi connectivity index (χ0v) is 8.02. The fourth-order valence-corrected chi connectivity index (χ4v) is 2.24. The van der Waals surface area contributed by atoms with E-state index in [9.17, 15) is 4.79 Å². The van der Waals surface area contributed by atoms with Crippen molar-refractivity contribution in [2.24, 2.45) is 0 Å². The molecule has 0 aliphatic carbocycles. The van der Waals surface area contributed by atoms with Gasteiger partial charge in [-0.05, 0) is 36.1 Å². The SMILES string of the molecule is Cc1cc2sc(C=O)cc2cc1N. The summed E-state index contributed by atoms with van der Waals surface area (Å²) in [6.07, 6.45) is 0.871. The minimum atomic E-state index is 0.750. The van der Waals surface area contributed by atoms with E-state index in [1.54, 1.807) is 0 Å². The lowest BCUT2D eigenvalue weighted by Crippen LogP contribution is -1.87. The van der Waals surface area contributed by atoms with Crippen LogP contribution in [0.15, 0.2) is 18.2 Å². The summed E-state index contributed by atoms with van der Waals surface area (Å²) in [7, 11) is 0. The first-order chi connectivity index (χ1) is 6.20. The second kappa shape index (κ2) is 2.85. The maximum atomic E-state index is 10.5. The highest BCUT2D eigenvalue weighted by atomic mass is 32.1. The van der Waals surface area contributed by atoms with Crippen LogP contribution in [-0.4, -0.2) is 6.29 Å². The predicted molar refractivity (Wildman–Crippen MR) is 56.4 cm³/mol. The van der Waals surface area contributed by atoms with Gasteiger partial charge < -0.3 is 5.73 Å². The number of carbonyl (C=O) groups is 1. The van der Waals surface area contributed by atoms with Crippen LogP contribution in [0.25, 0.3) is 10.1 Å². The number of fused-ring (bicyclic) bond motifs is 1. The molecule has 0 amide bonds. The Morgan fingerprint density at radius 2 is 2.15 bits per heavy atom. The van der Waals surface area contributed by atoms with Crippen molar-refractivity contribution in [1.29, 1.82) is 0 Å². The molecule has 0 aliphatic rings. The Hall–Kier alpha value is -1.35. The highest BCUT2D eigenvalue weighted by molar-refractivity contribution is 7.20. The van der Waals surface area contributed by atoms with E-state index in [1.807, 2.05) is 25.1 Å². The molecule has 0 unspecified atom stereocenters. The van der Waals surface area contributed by atoms with E-state index in [-0.39, 0.29) is 0 Å². The zero-order chi connectivity index (χ0) is 9.42. The lowest BCUT2D eigenvalue weighted by molar-refractivity contribution is 0.112. The molecule has 1 heterocycles.